The maximum atomic E-state index is 11.3. The third-order valence-electron chi connectivity index (χ3n) is 3.85. The lowest BCUT2D eigenvalue weighted by Crippen LogP contribution is -2.39. The van der Waals surface area contributed by atoms with E-state index >= 15 is 0 Å². The van der Waals surface area contributed by atoms with Gasteiger partial charge in [0.1, 0.15) is 5.51 Å². The van der Waals surface area contributed by atoms with Gasteiger partial charge >= 0.3 is 5.97 Å². The molecule has 0 aromatic carbocycles. The minimum Gasteiger partial charge on any atom is -0.481 e. The van der Waals surface area contributed by atoms with Gasteiger partial charge in [0, 0.05) is 6.04 Å². The molecular weight excluding hydrogens is 226 g/mol. The van der Waals surface area contributed by atoms with E-state index in [1.54, 1.807) is 5.51 Å². The summed E-state index contributed by atoms with van der Waals surface area (Å²) in [5.74, 6) is -0.0696. The average molecular weight is 239 g/mol. The van der Waals surface area contributed by atoms with Crippen LogP contribution in [0, 0.1) is 17.8 Å². The molecule has 0 aliphatic heterocycles. The van der Waals surface area contributed by atoms with Gasteiger partial charge in [0.2, 0.25) is 5.13 Å². The first-order chi connectivity index (χ1) is 7.75. The number of fused-ring (bicyclic) bond motifs is 2. The first-order valence-electron chi connectivity index (χ1n) is 5.51. The maximum Gasteiger partial charge on any atom is 0.308 e. The highest BCUT2D eigenvalue weighted by Crippen LogP contribution is 2.49. The van der Waals surface area contributed by atoms with Crippen LogP contribution in [0.1, 0.15) is 19.3 Å². The summed E-state index contributed by atoms with van der Waals surface area (Å²) in [5.41, 5.74) is 1.66. The van der Waals surface area contributed by atoms with E-state index in [-0.39, 0.29) is 12.0 Å². The lowest BCUT2D eigenvalue weighted by atomic mass is 9.84. The van der Waals surface area contributed by atoms with Crippen molar-refractivity contribution in [2.75, 3.05) is 5.32 Å². The molecule has 2 aliphatic rings. The molecule has 1 heterocycles. The summed E-state index contributed by atoms with van der Waals surface area (Å²) in [4.78, 5) is 11.3. The van der Waals surface area contributed by atoms with Crippen molar-refractivity contribution < 1.29 is 9.90 Å². The molecule has 1 aromatic rings. The zero-order valence-corrected chi connectivity index (χ0v) is 9.48. The smallest absolute Gasteiger partial charge is 0.308 e. The molecule has 0 radical (unpaired) electrons. The Morgan fingerprint density at radius 2 is 2.31 bits per heavy atom. The monoisotopic (exact) mass is 239 g/mol. The van der Waals surface area contributed by atoms with Crippen LogP contribution in [0.3, 0.4) is 0 Å². The fourth-order valence-corrected chi connectivity index (χ4v) is 3.73. The van der Waals surface area contributed by atoms with Crippen molar-refractivity contribution in [3.05, 3.63) is 5.51 Å². The molecule has 2 bridgehead atoms. The van der Waals surface area contributed by atoms with Crippen molar-refractivity contribution in [1.82, 2.24) is 10.2 Å². The highest BCUT2D eigenvalue weighted by molar-refractivity contribution is 7.13. The largest absolute Gasteiger partial charge is 0.481 e. The molecule has 0 spiro atoms. The third-order valence-corrected chi connectivity index (χ3v) is 4.47. The Hall–Kier alpha value is -1.17. The number of carboxylic acids is 1. The molecule has 2 saturated carbocycles. The molecule has 0 amide bonds. The van der Waals surface area contributed by atoms with Gasteiger partial charge in [-0.25, -0.2) is 0 Å². The van der Waals surface area contributed by atoms with Crippen LogP contribution < -0.4 is 5.32 Å². The van der Waals surface area contributed by atoms with E-state index < -0.39 is 5.97 Å². The number of aromatic nitrogens is 2. The quantitative estimate of drug-likeness (QED) is 0.835. The topological polar surface area (TPSA) is 75.1 Å². The standard InChI is InChI=1S/C10H13N3O2S/c14-9(15)7-5-1-2-6(3-5)8(7)12-10-13-11-4-16-10/h4-8H,1-3H2,(H,12,13)(H,14,15). The van der Waals surface area contributed by atoms with Crippen LogP contribution in [0.2, 0.25) is 0 Å². The van der Waals surface area contributed by atoms with Crippen LogP contribution in [0.4, 0.5) is 5.13 Å². The van der Waals surface area contributed by atoms with Crippen LogP contribution in [-0.2, 0) is 4.79 Å². The molecule has 2 aliphatic carbocycles. The van der Waals surface area contributed by atoms with Crippen molar-refractivity contribution in [2.45, 2.75) is 25.3 Å². The van der Waals surface area contributed by atoms with Crippen LogP contribution in [-0.4, -0.2) is 27.3 Å². The Morgan fingerprint density at radius 3 is 3.00 bits per heavy atom. The summed E-state index contributed by atoms with van der Waals surface area (Å²) in [7, 11) is 0. The van der Waals surface area contributed by atoms with E-state index in [0.717, 1.165) is 24.4 Å². The number of carboxylic acid groups (broad SMARTS) is 1. The van der Waals surface area contributed by atoms with E-state index in [0.29, 0.717) is 11.8 Å². The third kappa shape index (κ3) is 1.48. The molecular formula is C10H13N3O2S. The molecule has 4 atom stereocenters. The summed E-state index contributed by atoms with van der Waals surface area (Å²) in [5, 5.41) is 20.9. The molecule has 16 heavy (non-hydrogen) atoms. The Kier molecular flexibility index (Phi) is 2.31. The van der Waals surface area contributed by atoms with Crippen molar-refractivity contribution in [2.24, 2.45) is 17.8 Å². The Bertz CT molecular complexity index is 395. The average Bonchev–Trinajstić information content (AvgIpc) is 2.90. The van der Waals surface area contributed by atoms with Crippen LogP contribution in [0.5, 0.6) is 0 Å². The molecule has 2 fully saturated rings. The number of hydrogen-bond donors (Lipinski definition) is 2. The summed E-state index contributed by atoms with van der Waals surface area (Å²) in [6.07, 6.45) is 3.26. The van der Waals surface area contributed by atoms with Gasteiger partial charge in [-0.15, -0.1) is 10.2 Å². The van der Waals surface area contributed by atoms with Gasteiger partial charge in [-0.2, -0.15) is 0 Å². The van der Waals surface area contributed by atoms with Crippen molar-refractivity contribution >= 4 is 22.4 Å². The molecule has 0 saturated heterocycles. The van der Waals surface area contributed by atoms with E-state index in [9.17, 15) is 9.90 Å². The van der Waals surface area contributed by atoms with Gasteiger partial charge in [-0.3, -0.25) is 4.79 Å². The zero-order valence-electron chi connectivity index (χ0n) is 8.67. The van der Waals surface area contributed by atoms with Gasteiger partial charge in [-0.05, 0) is 31.1 Å². The van der Waals surface area contributed by atoms with Gasteiger partial charge in [0.15, 0.2) is 0 Å². The number of nitrogens with one attached hydrogen (secondary N) is 1. The van der Waals surface area contributed by atoms with Crippen LogP contribution in [0.15, 0.2) is 5.51 Å². The van der Waals surface area contributed by atoms with E-state index in [1.807, 2.05) is 0 Å². The fourth-order valence-electron chi connectivity index (χ4n) is 3.23. The lowest BCUT2D eigenvalue weighted by molar-refractivity contribution is -0.143. The Labute approximate surface area is 96.9 Å². The highest BCUT2D eigenvalue weighted by Gasteiger charge is 2.51. The predicted octanol–water partition coefficient (Wildman–Crippen LogP) is 1.45. The second-order valence-electron chi connectivity index (χ2n) is 4.61. The summed E-state index contributed by atoms with van der Waals surface area (Å²) < 4.78 is 0. The predicted molar refractivity (Wildman–Crippen MR) is 59.3 cm³/mol. The zero-order chi connectivity index (χ0) is 11.1. The minimum absolute atomic E-state index is 0.0456. The maximum absolute atomic E-state index is 11.3. The lowest BCUT2D eigenvalue weighted by Gasteiger charge is -2.28. The van der Waals surface area contributed by atoms with Gasteiger partial charge in [0.05, 0.1) is 5.92 Å². The van der Waals surface area contributed by atoms with E-state index in [2.05, 4.69) is 15.5 Å². The first kappa shape index (κ1) is 10.0. The number of nitrogens with zero attached hydrogens (tertiary/aromatic N) is 2. The van der Waals surface area contributed by atoms with Gasteiger partial charge < -0.3 is 10.4 Å². The SMILES string of the molecule is O=C(O)C1C2CCC(C2)C1Nc1nncs1. The van der Waals surface area contributed by atoms with Crippen molar-refractivity contribution in [3.8, 4) is 0 Å². The molecule has 86 valence electrons. The van der Waals surface area contributed by atoms with Crippen molar-refractivity contribution in [3.63, 3.8) is 0 Å². The molecule has 6 heteroatoms. The van der Waals surface area contributed by atoms with Gasteiger partial charge in [0.25, 0.3) is 0 Å². The minimum atomic E-state index is -0.672. The summed E-state index contributed by atoms with van der Waals surface area (Å²) in [6, 6.07) is 0.0456. The number of aliphatic carboxylic acids is 1. The Morgan fingerprint density at radius 1 is 1.50 bits per heavy atom. The number of carbonyl (C=O) groups is 1. The second kappa shape index (κ2) is 3.69. The fraction of sp³-hybridized carbons (Fsp3) is 0.700. The number of hydrogen-bond acceptors (Lipinski definition) is 5. The van der Waals surface area contributed by atoms with Gasteiger partial charge in [-0.1, -0.05) is 11.3 Å². The summed E-state index contributed by atoms with van der Waals surface area (Å²) in [6.45, 7) is 0. The number of anilines is 1. The summed E-state index contributed by atoms with van der Waals surface area (Å²) >= 11 is 1.42. The Balaban J connectivity index is 1.80. The van der Waals surface area contributed by atoms with Crippen LogP contribution >= 0.6 is 11.3 Å². The normalized spacial score (nSPS) is 36.5. The molecule has 1 aromatic heterocycles. The van der Waals surface area contributed by atoms with E-state index in [4.69, 9.17) is 0 Å². The first-order valence-corrected chi connectivity index (χ1v) is 6.39. The number of rotatable bonds is 3. The highest BCUT2D eigenvalue weighted by atomic mass is 32.1. The second-order valence-corrected chi connectivity index (χ2v) is 5.44. The van der Waals surface area contributed by atoms with E-state index in [1.165, 1.54) is 11.3 Å². The molecule has 4 unspecified atom stereocenters. The molecule has 2 N–H and O–H groups in total. The van der Waals surface area contributed by atoms with Crippen molar-refractivity contribution in [1.29, 1.82) is 0 Å². The molecule has 3 rings (SSSR count). The van der Waals surface area contributed by atoms with Crippen LogP contribution in [0.25, 0.3) is 0 Å². The molecule has 5 nitrogen and oxygen atoms in total.